The number of carbonyl (C=O) groups is 1. The molecule has 0 saturated carbocycles. The molecule has 1 atom stereocenters. The third-order valence-corrected chi connectivity index (χ3v) is 7.37. The molecule has 2 heterocycles. The maximum absolute atomic E-state index is 13.5. The van der Waals surface area contributed by atoms with Crippen LogP contribution in [0.1, 0.15) is 35.4 Å². The Labute approximate surface area is 179 Å². The molecule has 0 aliphatic rings. The van der Waals surface area contributed by atoms with E-state index in [1.54, 1.807) is 34.9 Å². The van der Waals surface area contributed by atoms with E-state index in [9.17, 15) is 9.59 Å². The average molecular weight is 430 g/mol. The molecular formula is C22H27N3O2S2. The standard InChI is InChI=1S/C22H27N3O2S2/c1-7-17-14(3)18-19(29-17)23-22(28-15(4)20(26)24(5)6)25(21(18)27)12-16-10-8-13(2)9-11-16/h8-11,15H,7,12H2,1-6H3. The van der Waals surface area contributed by atoms with Crippen LogP contribution >= 0.6 is 23.1 Å². The van der Waals surface area contributed by atoms with Gasteiger partial charge in [-0.1, -0.05) is 48.5 Å². The molecule has 0 spiro atoms. The fourth-order valence-corrected chi connectivity index (χ4v) is 5.47. The van der Waals surface area contributed by atoms with Crippen molar-refractivity contribution in [2.24, 2.45) is 0 Å². The molecule has 0 aliphatic carbocycles. The van der Waals surface area contributed by atoms with Gasteiger partial charge in [-0.25, -0.2) is 4.98 Å². The summed E-state index contributed by atoms with van der Waals surface area (Å²) in [6.07, 6.45) is 0.877. The summed E-state index contributed by atoms with van der Waals surface area (Å²) in [5, 5.41) is 0.968. The van der Waals surface area contributed by atoms with Crippen LogP contribution in [0.25, 0.3) is 10.2 Å². The van der Waals surface area contributed by atoms with Crippen molar-refractivity contribution in [2.45, 2.75) is 51.1 Å². The van der Waals surface area contributed by atoms with Gasteiger partial charge in [0, 0.05) is 19.0 Å². The van der Waals surface area contributed by atoms with Crippen LogP contribution in [0.5, 0.6) is 0 Å². The Morgan fingerprint density at radius 2 is 1.90 bits per heavy atom. The predicted molar refractivity (Wildman–Crippen MR) is 122 cm³/mol. The Morgan fingerprint density at radius 1 is 1.24 bits per heavy atom. The maximum atomic E-state index is 13.5. The second-order valence-electron chi connectivity index (χ2n) is 7.45. The molecule has 3 rings (SSSR count). The van der Waals surface area contributed by atoms with Crippen LogP contribution in [-0.2, 0) is 17.8 Å². The lowest BCUT2D eigenvalue weighted by atomic mass is 10.1. The van der Waals surface area contributed by atoms with Gasteiger partial charge in [-0.15, -0.1) is 11.3 Å². The Kier molecular flexibility index (Phi) is 6.49. The molecule has 29 heavy (non-hydrogen) atoms. The number of thioether (sulfide) groups is 1. The van der Waals surface area contributed by atoms with Crippen molar-refractivity contribution in [3.8, 4) is 0 Å². The zero-order valence-corrected chi connectivity index (χ0v) is 19.4. The third-order valence-electron chi connectivity index (χ3n) is 4.97. The zero-order valence-electron chi connectivity index (χ0n) is 17.8. The quantitative estimate of drug-likeness (QED) is 0.434. The molecule has 1 amide bonds. The van der Waals surface area contributed by atoms with Crippen LogP contribution in [-0.4, -0.2) is 39.7 Å². The number of benzene rings is 1. The minimum atomic E-state index is -0.328. The van der Waals surface area contributed by atoms with Gasteiger partial charge in [-0.2, -0.15) is 0 Å². The molecule has 0 aliphatic heterocycles. The summed E-state index contributed by atoms with van der Waals surface area (Å²) in [5.41, 5.74) is 3.21. The molecule has 7 heteroatoms. The summed E-state index contributed by atoms with van der Waals surface area (Å²) < 4.78 is 1.72. The van der Waals surface area contributed by atoms with Gasteiger partial charge in [0.1, 0.15) is 4.83 Å². The van der Waals surface area contributed by atoms with Gasteiger partial charge in [0.05, 0.1) is 17.2 Å². The highest BCUT2D eigenvalue weighted by molar-refractivity contribution is 8.00. The van der Waals surface area contributed by atoms with E-state index in [1.807, 2.05) is 45.0 Å². The van der Waals surface area contributed by atoms with E-state index in [-0.39, 0.29) is 16.7 Å². The van der Waals surface area contributed by atoms with E-state index in [4.69, 9.17) is 4.98 Å². The van der Waals surface area contributed by atoms with E-state index >= 15 is 0 Å². The van der Waals surface area contributed by atoms with Crippen molar-refractivity contribution in [3.05, 3.63) is 56.2 Å². The number of hydrogen-bond acceptors (Lipinski definition) is 5. The first-order chi connectivity index (χ1) is 13.7. The Morgan fingerprint density at radius 3 is 2.48 bits per heavy atom. The minimum absolute atomic E-state index is 0.00263. The molecular weight excluding hydrogens is 402 g/mol. The summed E-state index contributed by atoms with van der Waals surface area (Å²) in [6, 6.07) is 8.16. The molecule has 1 aromatic carbocycles. The molecule has 2 aromatic heterocycles. The Bertz CT molecular complexity index is 1100. The highest BCUT2D eigenvalue weighted by Crippen LogP contribution is 2.31. The topological polar surface area (TPSA) is 55.2 Å². The van der Waals surface area contributed by atoms with Crippen molar-refractivity contribution in [1.82, 2.24) is 14.5 Å². The van der Waals surface area contributed by atoms with Gasteiger partial charge >= 0.3 is 0 Å². The summed E-state index contributed by atoms with van der Waals surface area (Å²) in [5.74, 6) is 0.00263. The van der Waals surface area contributed by atoms with Crippen molar-refractivity contribution < 1.29 is 4.79 Å². The number of aromatic nitrogens is 2. The number of rotatable bonds is 6. The number of amides is 1. The molecule has 0 saturated heterocycles. The van der Waals surface area contributed by atoms with Crippen LogP contribution in [0.4, 0.5) is 0 Å². The molecule has 0 fully saturated rings. The maximum Gasteiger partial charge on any atom is 0.263 e. The summed E-state index contributed by atoms with van der Waals surface area (Å²) >= 11 is 2.93. The number of aryl methyl sites for hydroxylation is 3. The third kappa shape index (κ3) is 4.41. The molecule has 5 nitrogen and oxygen atoms in total. The van der Waals surface area contributed by atoms with E-state index in [2.05, 4.69) is 6.92 Å². The molecule has 154 valence electrons. The van der Waals surface area contributed by atoms with Crippen LogP contribution in [0.3, 0.4) is 0 Å². The average Bonchev–Trinajstić information content (AvgIpc) is 3.01. The number of fused-ring (bicyclic) bond motifs is 1. The molecule has 3 aromatic rings. The van der Waals surface area contributed by atoms with E-state index < -0.39 is 0 Å². The molecule has 0 N–H and O–H groups in total. The predicted octanol–water partition coefficient (Wildman–Crippen LogP) is 4.25. The van der Waals surface area contributed by atoms with Gasteiger partial charge in [-0.05, 0) is 38.3 Å². The van der Waals surface area contributed by atoms with Gasteiger partial charge in [-0.3, -0.25) is 14.2 Å². The van der Waals surface area contributed by atoms with Crippen LogP contribution in [0, 0.1) is 13.8 Å². The van der Waals surface area contributed by atoms with E-state index in [0.717, 1.165) is 22.4 Å². The number of carbonyl (C=O) groups excluding carboxylic acids is 1. The monoisotopic (exact) mass is 429 g/mol. The van der Waals surface area contributed by atoms with Crippen LogP contribution in [0.2, 0.25) is 0 Å². The lowest BCUT2D eigenvalue weighted by Gasteiger charge is -2.18. The lowest BCUT2D eigenvalue weighted by molar-refractivity contribution is -0.127. The largest absolute Gasteiger partial charge is 0.348 e. The van der Waals surface area contributed by atoms with Crippen molar-refractivity contribution >= 4 is 39.2 Å². The first-order valence-corrected chi connectivity index (χ1v) is 11.4. The number of hydrogen-bond donors (Lipinski definition) is 0. The zero-order chi connectivity index (χ0) is 21.3. The summed E-state index contributed by atoms with van der Waals surface area (Å²) in [7, 11) is 3.48. The second-order valence-corrected chi connectivity index (χ2v) is 9.84. The summed E-state index contributed by atoms with van der Waals surface area (Å²) in [6.45, 7) is 8.43. The highest BCUT2D eigenvalue weighted by atomic mass is 32.2. The highest BCUT2D eigenvalue weighted by Gasteiger charge is 2.22. The molecule has 1 unspecified atom stereocenters. The Hall–Kier alpha value is -2.12. The van der Waals surface area contributed by atoms with Gasteiger partial charge in [0.25, 0.3) is 5.56 Å². The minimum Gasteiger partial charge on any atom is -0.348 e. The molecule has 0 bridgehead atoms. The van der Waals surface area contributed by atoms with E-state index in [1.165, 1.54) is 22.2 Å². The van der Waals surface area contributed by atoms with Crippen LogP contribution < -0.4 is 5.56 Å². The normalized spacial score (nSPS) is 12.3. The Balaban J connectivity index is 2.14. The van der Waals surface area contributed by atoms with Crippen molar-refractivity contribution in [3.63, 3.8) is 0 Å². The first kappa shape index (κ1) is 21.6. The summed E-state index contributed by atoms with van der Waals surface area (Å²) in [4.78, 5) is 34.2. The van der Waals surface area contributed by atoms with Gasteiger partial charge in [0.2, 0.25) is 5.91 Å². The second kappa shape index (κ2) is 8.71. The number of thiophene rings is 1. The van der Waals surface area contributed by atoms with Crippen molar-refractivity contribution in [2.75, 3.05) is 14.1 Å². The smallest absolute Gasteiger partial charge is 0.263 e. The molecule has 0 radical (unpaired) electrons. The fourth-order valence-electron chi connectivity index (χ4n) is 3.26. The van der Waals surface area contributed by atoms with Gasteiger partial charge in [0.15, 0.2) is 5.16 Å². The van der Waals surface area contributed by atoms with Crippen molar-refractivity contribution in [1.29, 1.82) is 0 Å². The first-order valence-electron chi connectivity index (χ1n) is 9.69. The SMILES string of the molecule is CCc1sc2nc(SC(C)C(=O)N(C)C)n(Cc3ccc(C)cc3)c(=O)c2c1C. The fraction of sp³-hybridized carbons (Fsp3) is 0.409. The van der Waals surface area contributed by atoms with Crippen LogP contribution in [0.15, 0.2) is 34.2 Å². The van der Waals surface area contributed by atoms with Gasteiger partial charge < -0.3 is 4.90 Å². The van der Waals surface area contributed by atoms with E-state index in [0.29, 0.717) is 17.1 Å². The number of nitrogens with zero attached hydrogens (tertiary/aromatic N) is 3. The lowest BCUT2D eigenvalue weighted by Crippen LogP contribution is -2.31.